The predicted octanol–water partition coefficient (Wildman–Crippen LogP) is 4.14. The fourth-order valence-corrected chi connectivity index (χ4v) is 4.89. The number of benzene rings is 1. The van der Waals surface area contributed by atoms with Crippen LogP contribution in [0.3, 0.4) is 0 Å². The van der Waals surface area contributed by atoms with Crippen LogP contribution in [0.4, 0.5) is 9.18 Å². The van der Waals surface area contributed by atoms with Crippen LogP contribution in [0.5, 0.6) is 0 Å². The summed E-state index contributed by atoms with van der Waals surface area (Å²) in [5, 5.41) is 10.0. The third-order valence-electron chi connectivity index (χ3n) is 5.71. The summed E-state index contributed by atoms with van der Waals surface area (Å²) in [6.07, 6.45) is 4.97. The van der Waals surface area contributed by atoms with E-state index in [2.05, 4.69) is 4.98 Å². The van der Waals surface area contributed by atoms with E-state index in [0.29, 0.717) is 42.0 Å². The zero-order chi connectivity index (χ0) is 22.3. The Bertz CT molecular complexity index is 1270. The number of carbonyl (C=O) groups is 1. The normalized spacial score (nSPS) is 15.5. The number of nitrogens with zero attached hydrogens (tertiary/aromatic N) is 3. The van der Waals surface area contributed by atoms with Gasteiger partial charge in [-0.1, -0.05) is 11.6 Å². The second kappa shape index (κ2) is 8.12. The van der Waals surface area contributed by atoms with Crippen LogP contribution in [-0.4, -0.2) is 53.4 Å². The predicted molar refractivity (Wildman–Crippen MR) is 115 cm³/mol. The maximum atomic E-state index is 14.7. The lowest BCUT2D eigenvalue weighted by Gasteiger charge is -2.30. The minimum absolute atomic E-state index is 0.0651. The molecule has 2 aromatic heterocycles. The van der Waals surface area contributed by atoms with Crippen molar-refractivity contribution in [2.24, 2.45) is 0 Å². The van der Waals surface area contributed by atoms with Crippen molar-refractivity contribution in [3.63, 3.8) is 0 Å². The molecule has 1 N–H and O–H groups in total. The first-order valence-electron chi connectivity index (χ1n) is 9.74. The molecule has 1 amide bonds. The van der Waals surface area contributed by atoms with E-state index < -0.39 is 21.7 Å². The molecule has 31 heavy (non-hydrogen) atoms. The van der Waals surface area contributed by atoms with Gasteiger partial charge in [0.05, 0.1) is 27.7 Å². The van der Waals surface area contributed by atoms with Gasteiger partial charge in [0.15, 0.2) is 9.84 Å². The van der Waals surface area contributed by atoms with Gasteiger partial charge in [0.25, 0.3) is 0 Å². The van der Waals surface area contributed by atoms with Gasteiger partial charge in [-0.15, -0.1) is 0 Å². The molecule has 0 atom stereocenters. The average Bonchev–Trinajstić information content (AvgIpc) is 3.12. The summed E-state index contributed by atoms with van der Waals surface area (Å²) >= 11 is 6.47. The fourth-order valence-electron chi connectivity index (χ4n) is 4.00. The van der Waals surface area contributed by atoms with Crippen molar-refractivity contribution in [3.8, 4) is 0 Å². The number of hydrogen-bond acceptors (Lipinski definition) is 4. The molecule has 0 saturated carbocycles. The van der Waals surface area contributed by atoms with Crippen LogP contribution < -0.4 is 0 Å². The maximum absolute atomic E-state index is 14.7. The van der Waals surface area contributed by atoms with Crippen LogP contribution in [0.25, 0.3) is 10.9 Å². The summed E-state index contributed by atoms with van der Waals surface area (Å²) in [7, 11) is -3.52. The van der Waals surface area contributed by atoms with Gasteiger partial charge in [-0.05, 0) is 48.6 Å². The third kappa shape index (κ3) is 4.38. The van der Waals surface area contributed by atoms with E-state index in [1.165, 1.54) is 11.0 Å². The van der Waals surface area contributed by atoms with Crippen molar-refractivity contribution in [3.05, 3.63) is 58.8 Å². The van der Waals surface area contributed by atoms with Crippen molar-refractivity contribution < 1.29 is 22.7 Å². The number of halogens is 2. The van der Waals surface area contributed by atoms with E-state index in [1.54, 1.807) is 23.0 Å². The lowest BCUT2D eigenvalue weighted by molar-refractivity contribution is 0.132. The largest absolute Gasteiger partial charge is 0.465 e. The van der Waals surface area contributed by atoms with Gasteiger partial charge in [-0.3, -0.25) is 4.98 Å². The lowest BCUT2D eigenvalue weighted by atomic mass is 9.90. The number of likely N-dealkylation sites (tertiary alicyclic amines) is 1. The first kappa shape index (κ1) is 21.6. The molecule has 1 fully saturated rings. The lowest BCUT2D eigenvalue weighted by Crippen LogP contribution is -2.36. The first-order valence-corrected chi connectivity index (χ1v) is 12.0. The minimum Gasteiger partial charge on any atom is -0.465 e. The molecule has 0 spiro atoms. The minimum atomic E-state index is -3.52. The highest BCUT2D eigenvalue weighted by Gasteiger charge is 2.24. The smallest absolute Gasteiger partial charge is 0.407 e. The molecule has 4 rings (SSSR count). The molecule has 10 heteroatoms. The van der Waals surface area contributed by atoms with Crippen LogP contribution in [0.2, 0.25) is 5.02 Å². The topological polar surface area (TPSA) is 92.5 Å². The van der Waals surface area contributed by atoms with Crippen molar-refractivity contribution in [2.75, 3.05) is 19.3 Å². The van der Waals surface area contributed by atoms with Crippen LogP contribution in [0.15, 0.2) is 41.6 Å². The monoisotopic (exact) mass is 465 g/mol. The SMILES string of the molecule is CS(=O)(=O)c1cc(F)c2c(ccn2Cc2ncc(C3CCN(C(=O)O)CC3)cc2Cl)c1. The molecule has 1 aliphatic rings. The van der Waals surface area contributed by atoms with E-state index in [4.69, 9.17) is 16.7 Å². The van der Waals surface area contributed by atoms with Crippen LogP contribution in [0, 0.1) is 5.82 Å². The number of sulfone groups is 1. The molecule has 1 saturated heterocycles. The van der Waals surface area contributed by atoms with Crippen molar-refractivity contribution >= 4 is 38.4 Å². The summed E-state index contributed by atoms with van der Waals surface area (Å²) in [6.45, 7) is 1.18. The Morgan fingerprint density at radius 2 is 2.00 bits per heavy atom. The first-order chi connectivity index (χ1) is 14.6. The molecule has 7 nitrogen and oxygen atoms in total. The highest BCUT2D eigenvalue weighted by molar-refractivity contribution is 7.90. The second-order valence-corrected chi connectivity index (χ2v) is 10.2. The molecular formula is C21H21ClFN3O4S. The zero-order valence-electron chi connectivity index (χ0n) is 16.8. The average molecular weight is 466 g/mol. The van der Waals surface area contributed by atoms with Gasteiger partial charge < -0.3 is 14.6 Å². The fraction of sp³-hybridized carbons (Fsp3) is 0.333. The Kier molecular flexibility index (Phi) is 5.65. The number of rotatable bonds is 4. The summed E-state index contributed by atoms with van der Waals surface area (Å²) in [5.41, 5.74) is 1.81. The number of carboxylic acid groups (broad SMARTS) is 1. The zero-order valence-corrected chi connectivity index (χ0v) is 18.3. The Hall–Kier alpha value is -2.65. The Labute approximate surface area is 184 Å². The molecule has 0 bridgehead atoms. The van der Waals surface area contributed by atoms with E-state index in [0.717, 1.165) is 17.9 Å². The molecule has 1 aliphatic heterocycles. The van der Waals surface area contributed by atoms with E-state index in [1.807, 2.05) is 6.07 Å². The molecule has 1 aromatic carbocycles. The number of hydrogen-bond donors (Lipinski definition) is 1. The van der Waals surface area contributed by atoms with Crippen molar-refractivity contribution in [1.29, 1.82) is 0 Å². The van der Waals surface area contributed by atoms with Crippen molar-refractivity contribution in [2.45, 2.75) is 30.2 Å². The van der Waals surface area contributed by atoms with E-state index >= 15 is 0 Å². The summed E-state index contributed by atoms with van der Waals surface area (Å²) in [6, 6.07) is 5.97. The molecule has 0 unspecified atom stereocenters. The molecule has 0 aliphatic carbocycles. The molecule has 164 valence electrons. The Balaban J connectivity index is 1.56. The Morgan fingerprint density at radius 1 is 1.29 bits per heavy atom. The quantitative estimate of drug-likeness (QED) is 0.625. The molecular weight excluding hydrogens is 445 g/mol. The van der Waals surface area contributed by atoms with Crippen LogP contribution in [-0.2, 0) is 16.4 Å². The van der Waals surface area contributed by atoms with Crippen molar-refractivity contribution in [1.82, 2.24) is 14.5 Å². The number of pyridine rings is 1. The maximum Gasteiger partial charge on any atom is 0.407 e. The second-order valence-electron chi connectivity index (χ2n) is 7.80. The highest BCUT2D eigenvalue weighted by Crippen LogP contribution is 2.31. The summed E-state index contributed by atoms with van der Waals surface area (Å²) < 4.78 is 39.8. The number of piperidine rings is 1. The van der Waals surface area contributed by atoms with Gasteiger partial charge in [0, 0.05) is 37.1 Å². The molecule has 3 heterocycles. The van der Waals surface area contributed by atoms with Crippen LogP contribution >= 0.6 is 11.6 Å². The van der Waals surface area contributed by atoms with Gasteiger partial charge in [0.1, 0.15) is 5.82 Å². The highest BCUT2D eigenvalue weighted by atomic mass is 35.5. The molecule has 3 aromatic rings. The summed E-state index contributed by atoms with van der Waals surface area (Å²) in [5.74, 6) is -0.435. The molecule has 0 radical (unpaired) electrons. The Morgan fingerprint density at radius 3 is 2.61 bits per heavy atom. The van der Waals surface area contributed by atoms with Gasteiger partial charge in [0.2, 0.25) is 0 Å². The number of fused-ring (bicyclic) bond motifs is 1. The standard InChI is InChI=1S/C21H21ClFN3O4S/c1-31(29,30)16-8-14-4-7-26(20(14)18(23)10-16)12-19-17(22)9-15(11-24-19)13-2-5-25(6-3-13)21(27)28/h4,7-11,13H,2-3,5-6,12H2,1H3,(H,27,28). The van der Waals surface area contributed by atoms with Gasteiger partial charge in [-0.25, -0.2) is 17.6 Å². The summed E-state index contributed by atoms with van der Waals surface area (Å²) in [4.78, 5) is 16.9. The number of aromatic nitrogens is 2. The van der Waals surface area contributed by atoms with E-state index in [9.17, 15) is 17.6 Å². The third-order valence-corrected chi connectivity index (χ3v) is 7.13. The van der Waals surface area contributed by atoms with Crippen LogP contribution in [0.1, 0.15) is 30.0 Å². The van der Waals surface area contributed by atoms with Gasteiger partial charge >= 0.3 is 6.09 Å². The van der Waals surface area contributed by atoms with Gasteiger partial charge in [-0.2, -0.15) is 0 Å². The van der Waals surface area contributed by atoms with E-state index in [-0.39, 0.29) is 22.9 Å². The number of amides is 1.